The highest BCUT2D eigenvalue weighted by atomic mass is 79.9. The summed E-state index contributed by atoms with van der Waals surface area (Å²) >= 11 is 3.72. The van der Waals surface area contributed by atoms with Crippen molar-refractivity contribution >= 4 is 15.9 Å². The average Bonchev–Trinajstić information content (AvgIpc) is 2.62. The lowest BCUT2D eigenvalue weighted by Gasteiger charge is -2.36. The third kappa shape index (κ3) is 4.30. The molecule has 2 rings (SSSR count). The van der Waals surface area contributed by atoms with Gasteiger partial charge in [0.2, 0.25) is 0 Å². The Morgan fingerprint density at radius 3 is 2.62 bits per heavy atom. The molecule has 0 spiro atoms. The summed E-state index contributed by atoms with van der Waals surface area (Å²) in [4.78, 5) is 2.61. The zero-order chi connectivity index (χ0) is 15.5. The van der Waals surface area contributed by atoms with Crippen LogP contribution >= 0.6 is 15.9 Å². The molecule has 21 heavy (non-hydrogen) atoms. The molecule has 2 unspecified atom stereocenters. The summed E-state index contributed by atoms with van der Waals surface area (Å²) in [6.07, 6.45) is 4.84. The Balaban J connectivity index is 2.26. The Morgan fingerprint density at radius 2 is 1.95 bits per heavy atom. The number of hydrogen-bond acceptors (Lipinski definition) is 2. The molecule has 0 bridgehead atoms. The monoisotopic (exact) mass is 352 g/mol. The maximum absolute atomic E-state index is 6.51. The maximum Gasteiger partial charge on any atom is 0.0510 e. The molecule has 1 heterocycles. The minimum absolute atomic E-state index is 0.185. The van der Waals surface area contributed by atoms with Crippen molar-refractivity contribution in [2.45, 2.75) is 58.5 Å². The molecule has 3 heteroatoms. The van der Waals surface area contributed by atoms with Gasteiger partial charge >= 0.3 is 0 Å². The topological polar surface area (TPSA) is 29.3 Å². The zero-order valence-electron chi connectivity index (χ0n) is 13.6. The van der Waals surface area contributed by atoms with Gasteiger partial charge in [-0.1, -0.05) is 54.9 Å². The molecule has 0 saturated carbocycles. The van der Waals surface area contributed by atoms with Gasteiger partial charge in [-0.25, -0.2) is 0 Å². The first-order chi connectivity index (χ1) is 9.94. The summed E-state index contributed by atoms with van der Waals surface area (Å²) in [6, 6.07) is 9.06. The van der Waals surface area contributed by atoms with E-state index in [1.807, 2.05) is 0 Å². The number of benzene rings is 1. The van der Waals surface area contributed by atoms with Gasteiger partial charge in [0.25, 0.3) is 0 Å². The van der Waals surface area contributed by atoms with Gasteiger partial charge in [-0.15, -0.1) is 0 Å². The molecule has 0 radical (unpaired) electrons. The van der Waals surface area contributed by atoms with Crippen LogP contribution in [0, 0.1) is 5.41 Å². The third-order valence-corrected chi connectivity index (χ3v) is 5.59. The van der Waals surface area contributed by atoms with Crippen LogP contribution in [0.2, 0.25) is 0 Å². The molecule has 118 valence electrons. The molecule has 1 aromatic rings. The van der Waals surface area contributed by atoms with Crippen LogP contribution in [0.5, 0.6) is 0 Å². The van der Waals surface area contributed by atoms with Gasteiger partial charge in [-0.3, -0.25) is 4.90 Å². The van der Waals surface area contributed by atoms with Gasteiger partial charge in [0.1, 0.15) is 0 Å². The SMILES string of the molecule is CCC(N)C(c1ccccc1Br)N1CCCC(C)(C)CC1. The average molecular weight is 353 g/mol. The van der Waals surface area contributed by atoms with E-state index in [0.717, 1.165) is 19.5 Å². The second-order valence-electron chi connectivity index (χ2n) is 7.09. The lowest BCUT2D eigenvalue weighted by molar-refractivity contribution is 0.168. The van der Waals surface area contributed by atoms with Crippen LogP contribution in [-0.4, -0.2) is 24.0 Å². The van der Waals surface area contributed by atoms with E-state index < -0.39 is 0 Å². The Bertz CT molecular complexity index is 458. The Kier molecular flexibility index (Phi) is 5.87. The molecule has 2 N–H and O–H groups in total. The second kappa shape index (κ2) is 7.26. The molecule has 1 fully saturated rings. The summed E-state index contributed by atoms with van der Waals surface area (Å²) in [5.41, 5.74) is 8.31. The van der Waals surface area contributed by atoms with E-state index in [-0.39, 0.29) is 6.04 Å². The summed E-state index contributed by atoms with van der Waals surface area (Å²) in [5.74, 6) is 0. The number of halogens is 1. The lowest BCUT2D eigenvalue weighted by atomic mass is 9.85. The van der Waals surface area contributed by atoms with Crippen LogP contribution in [0.15, 0.2) is 28.7 Å². The summed E-state index contributed by atoms with van der Waals surface area (Å²) in [7, 11) is 0. The first kappa shape index (κ1) is 17.0. The fourth-order valence-electron chi connectivity index (χ4n) is 3.36. The first-order valence-electron chi connectivity index (χ1n) is 8.18. The van der Waals surface area contributed by atoms with Gasteiger partial charge < -0.3 is 5.73 Å². The van der Waals surface area contributed by atoms with Crippen molar-refractivity contribution in [2.75, 3.05) is 13.1 Å². The molecular formula is C18H29BrN2. The third-order valence-electron chi connectivity index (χ3n) is 4.87. The molecular weight excluding hydrogens is 324 g/mol. The number of rotatable bonds is 4. The molecule has 1 aliphatic heterocycles. The number of nitrogens with zero attached hydrogens (tertiary/aromatic N) is 1. The van der Waals surface area contributed by atoms with Crippen LogP contribution in [0.1, 0.15) is 58.1 Å². The minimum atomic E-state index is 0.185. The van der Waals surface area contributed by atoms with Crippen molar-refractivity contribution in [3.63, 3.8) is 0 Å². The van der Waals surface area contributed by atoms with Crippen molar-refractivity contribution in [3.05, 3.63) is 34.3 Å². The highest BCUT2D eigenvalue weighted by molar-refractivity contribution is 9.10. The lowest BCUT2D eigenvalue weighted by Crippen LogP contribution is -2.41. The fourth-order valence-corrected chi connectivity index (χ4v) is 3.88. The quantitative estimate of drug-likeness (QED) is 0.847. The molecule has 2 nitrogen and oxygen atoms in total. The second-order valence-corrected chi connectivity index (χ2v) is 7.95. The van der Waals surface area contributed by atoms with Crippen LogP contribution in [0.25, 0.3) is 0 Å². The normalized spacial score (nSPS) is 22.5. The first-order valence-corrected chi connectivity index (χ1v) is 8.98. The predicted octanol–water partition coefficient (Wildman–Crippen LogP) is 4.74. The van der Waals surface area contributed by atoms with E-state index in [1.54, 1.807) is 0 Å². The Labute approximate surface area is 138 Å². The van der Waals surface area contributed by atoms with Gasteiger partial charge in [-0.2, -0.15) is 0 Å². The minimum Gasteiger partial charge on any atom is -0.326 e. The van der Waals surface area contributed by atoms with Crippen molar-refractivity contribution in [1.82, 2.24) is 4.90 Å². The Morgan fingerprint density at radius 1 is 1.24 bits per heavy atom. The fraction of sp³-hybridized carbons (Fsp3) is 0.667. The molecule has 0 amide bonds. The van der Waals surface area contributed by atoms with Crippen LogP contribution < -0.4 is 5.73 Å². The zero-order valence-corrected chi connectivity index (χ0v) is 15.2. The number of hydrogen-bond donors (Lipinski definition) is 1. The van der Waals surface area contributed by atoms with Crippen LogP contribution in [0.3, 0.4) is 0 Å². The van der Waals surface area contributed by atoms with Gasteiger partial charge in [0, 0.05) is 10.5 Å². The highest BCUT2D eigenvalue weighted by Gasteiger charge is 2.31. The largest absolute Gasteiger partial charge is 0.326 e. The summed E-state index contributed by atoms with van der Waals surface area (Å²) < 4.78 is 1.18. The maximum atomic E-state index is 6.51. The molecule has 2 atom stereocenters. The van der Waals surface area contributed by atoms with E-state index in [4.69, 9.17) is 5.73 Å². The van der Waals surface area contributed by atoms with Crippen LogP contribution in [0.4, 0.5) is 0 Å². The van der Waals surface area contributed by atoms with Crippen molar-refractivity contribution in [1.29, 1.82) is 0 Å². The summed E-state index contributed by atoms with van der Waals surface area (Å²) in [6.45, 7) is 9.28. The number of likely N-dealkylation sites (tertiary alicyclic amines) is 1. The van der Waals surface area contributed by atoms with E-state index >= 15 is 0 Å². The smallest absolute Gasteiger partial charge is 0.0510 e. The van der Waals surface area contributed by atoms with E-state index in [1.165, 1.54) is 29.3 Å². The number of nitrogens with two attached hydrogens (primary N) is 1. The van der Waals surface area contributed by atoms with Crippen molar-refractivity contribution in [2.24, 2.45) is 11.1 Å². The van der Waals surface area contributed by atoms with Crippen LogP contribution in [-0.2, 0) is 0 Å². The summed E-state index contributed by atoms with van der Waals surface area (Å²) in [5, 5.41) is 0. The Hall–Kier alpha value is -0.380. The highest BCUT2D eigenvalue weighted by Crippen LogP contribution is 2.36. The molecule has 0 aromatic heterocycles. The van der Waals surface area contributed by atoms with E-state index in [2.05, 4.69) is 65.9 Å². The van der Waals surface area contributed by atoms with E-state index in [9.17, 15) is 0 Å². The standard InChI is InChI=1S/C18H29BrN2/c1-4-16(20)17(14-8-5-6-9-15(14)19)21-12-7-10-18(2,3)11-13-21/h5-6,8-9,16-17H,4,7,10-13,20H2,1-3H3. The van der Waals surface area contributed by atoms with Gasteiger partial charge in [-0.05, 0) is 55.8 Å². The van der Waals surface area contributed by atoms with E-state index in [0.29, 0.717) is 11.5 Å². The molecule has 1 aromatic carbocycles. The van der Waals surface area contributed by atoms with Crippen molar-refractivity contribution in [3.8, 4) is 0 Å². The van der Waals surface area contributed by atoms with Gasteiger partial charge in [0.15, 0.2) is 0 Å². The van der Waals surface area contributed by atoms with Crippen molar-refractivity contribution < 1.29 is 0 Å². The molecule has 1 saturated heterocycles. The van der Waals surface area contributed by atoms with Gasteiger partial charge in [0.05, 0.1) is 6.04 Å². The predicted molar refractivity (Wildman–Crippen MR) is 94.4 cm³/mol. The molecule has 0 aliphatic carbocycles. The molecule has 1 aliphatic rings.